The molecule has 0 spiro atoms. The molecule has 2 amide bonds. The summed E-state index contributed by atoms with van der Waals surface area (Å²) in [4.78, 5) is 25.3. The van der Waals surface area contributed by atoms with E-state index in [1.807, 2.05) is 42.2 Å². The topological polar surface area (TPSA) is 90.7 Å². The Morgan fingerprint density at radius 1 is 1.29 bits per heavy atom. The number of carbonyl (C=O) groups excluding carboxylic acids is 1. The molecule has 2 heterocycles. The van der Waals surface area contributed by atoms with Gasteiger partial charge in [0.05, 0.1) is 5.69 Å². The molecule has 1 aromatic heterocycles. The van der Waals surface area contributed by atoms with Crippen LogP contribution in [0, 0.1) is 5.92 Å². The van der Waals surface area contributed by atoms with Gasteiger partial charge in [0.15, 0.2) is 0 Å². The number of urea groups is 1. The number of carboxylic acid groups (broad SMARTS) is 1. The lowest BCUT2D eigenvalue weighted by Gasteiger charge is -2.24. The van der Waals surface area contributed by atoms with Crippen LogP contribution in [0.25, 0.3) is 5.69 Å². The predicted molar refractivity (Wildman–Crippen MR) is 119 cm³/mol. The van der Waals surface area contributed by atoms with Crippen molar-refractivity contribution in [2.75, 3.05) is 26.7 Å². The predicted octanol–water partition coefficient (Wildman–Crippen LogP) is 2.98. The van der Waals surface area contributed by atoms with Crippen LogP contribution >= 0.6 is 0 Å². The fourth-order valence-electron chi connectivity index (χ4n) is 4.56. The Morgan fingerprint density at radius 3 is 2.77 bits per heavy atom. The molecule has 8 heteroatoms. The lowest BCUT2D eigenvalue weighted by Crippen LogP contribution is -2.40. The van der Waals surface area contributed by atoms with E-state index in [0.29, 0.717) is 12.5 Å². The van der Waals surface area contributed by atoms with Crippen molar-refractivity contribution < 1.29 is 14.7 Å². The number of nitrogens with zero attached hydrogens (tertiary/aromatic N) is 4. The number of hydrogen-bond acceptors (Lipinski definition) is 4. The van der Waals surface area contributed by atoms with Gasteiger partial charge >= 0.3 is 6.03 Å². The van der Waals surface area contributed by atoms with Crippen LogP contribution in [0.2, 0.25) is 0 Å². The molecule has 1 aliphatic heterocycles. The average molecular weight is 428 g/mol. The fraction of sp³-hybridized carbons (Fsp3) is 0.522. The first-order chi connectivity index (χ1) is 15.1. The Hall–Kier alpha value is -2.87. The molecular weight excluding hydrogens is 394 g/mol. The molecule has 31 heavy (non-hydrogen) atoms. The third-order valence-electron chi connectivity index (χ3n) is 6.15. The summed E-state index contributed by atoms with van der Waals surface area (Å²) in [6.07, 6.45) is 10.4. The maximum Gasteiger partial charge on any atom is 0.317 e. The zero-order valence-electron chi connectivity index (χ0n) is 18.2. The smallest absolute Gasteiger partial charge is 0.317 e. The van der Waals surface area contributed by atoms with Crippen LogP contribution in [0.1, 0.15) is 37.7 Å². The molecule has 2 aliphatic rings. The molecule has 0 radical (unpaired) electrons. The first kappa shape index (κ1) is 22.8. The van der Waals surface area contributed by atoms with Crippen molar-refractivity contribution in [3.05, 3.63) is 48.3 Å². The summed E-state index contributed by atoms with van der Waals surface area (Å²) in [6, 6.07) is 10.9. The highest BCUT2D eigenvalue weighted by Gasteiger charge is 2.30. The van der Waals surface area contributed by atoms with E-state index in [1.54, 1.807) is 11.1 Å². The van der Waals surface area contributed by atoms with Crippen LogP contribution in [0.3, 0.4) is 0 Å². The number of hydrogen-bond donors (Lipinski definition) is 2. The van der Waals surface area contributed by atoms with Gasteiger partial charge in [-0.15, -0.1) is 0 Å². The minimum atomic E-state index is -0.250. The maximum atomic E-state index is 12.5. The van der Waals surface area contributed by atoms with E-state index in [9.17, 15) is 4.79 Å². The third-order valence-corrected chi connectivity index (χ3v) is 6.15. The highest BCUT2D eigenvalue weighted by Crippen LogP contribution is 2.28. The standard InChI is InChI=1S/C22H31N5O.CH2O2/c1-25(16-18-6-4-9-21(14-18)27-12-5-11-24-27)22(28)23-15-19-10-13-26(17-19)20-7-2-3-8-20;2-1-3/h4-6,9,11-12,14,19-20H,2-3,7-8,10,13,15-17H2,1H3,(H,23,28);1H,(H,2,3). The molecule has 4 rings (SSSR count). The lowest BCUT2D eigenvalue weighted by molar-refractivity contribution is -0.122. The van der Waals surface area contributed by atoms with Crippen LogP contribution in [-0.4, -0.2) is 69.9 Å². The zero-order chi connectivity index (χ0) is 22.1. The number of likely N-dealkylation sites (tertiary alicyclic amines) is 1. The minimum Gasteiger partial charge on any atom is -0.483 e. The van der Waals surface area contributed by atoms with Gasteiger partial charge in [-0.25, -0.2) is 9.48 Å². The van der Waals surface area contributed by atoms with Crippen molar-refractivity contribution in [1.82, 2.24) is 24.9 Å². The van der Waals surface area contributed by atoms with Crippen molar-refractivity contribution in [2.45, 2.75) is 44.7 Å². The number of nitrogens with one attached hydrogen (secondary N) is 1. The van der Waals surface area contributed by atoms with E-state index in [4.69, 9.17) is 9.90 Å². The van der Waals surface area contributed by atoms with Crippen LogP contribution in [0.4, 0.5) is 4.79 Å². The summed E-state index contributed by atoms with van der Waals surface area (Å²) in [5, 5.41) is 14.3. The monoisotopic (exact) mass is 427 g/mol. The molecule has 2 N–H and O–H groups in total. The van der Waals surface area contributed by atoms with Gasteiger partial charge in [0.25, 0.3) is 6.47 Å². The van der Waals surface area contributed by atoms with Gasteiger partial charge < -0.3 is 20.2 Å². The van der Waals surface area contributed by atoms with E-state index in [0.717, 1.165) is 30.4 Å². The highest BCUT2D eigenvalue weighted by molar-refractivity contribution is 5.73. The molecule has 8 nitrogen and oxygen atoms in total. The van der Waals surface area contributed by atoms with Crippen LogP contribution < -0.4 is 5.32 Å². The van der Waals surface area contributed by atoms with Gasteiger partial charge in [-0.2, -0.15) is 5.10 Å². The molecule has 168 valence electrons. The number of carbonyl (C=O) groups is 2. The normalized spacial score (nSPS) is 18.9. The molecule has 1 saturated carbocycles. The maximum absolute atomic E-state index is 12.5. The Labute approximate surface area is 183 Å². The van der Waals surface area contributed by atoms with Crippen molar-refractivity contribution in [2.24, 2.45) is 5.92 Å². The molecule has 2 aromatic rings. The van der Waals surface area contributed by atoms with Gasteiger partial charge in [-0.3, -0.25) is 4.79 Å². The van der Waals surface area contributed by atoms with E-state index >= 15 is 0 Å². The fourth-order valence-corrected chi connectivity index (χ4v) is 4.56. The van der Waals surface area contributed by atoms with Gasteiger partial charge in [0.1, 0.15) is 0 Å². The van der Waals surface area contributed by atoms with Crippen molar-refractivity contribution in [1.29, 1.82) is 0 Å². The summed E-state index contributed by atoms with van der Waals surface area (Å²) < 4.78 is 1.83. The summed E-state index contributed by atoms with van der Waals surface area (Å²) in [7, 11) is 1.86. The Morgan fingerprint density at radius 2 is 2.06 bits per heavy atom. The number of benzene rings is 1. The first-order valence-electron chi connectivity index (χ1n) is 11.0. The quantitative estimate of drug-likeness (QED) is 0.692. The van der Waals surface area contributed by atoms with Crippen molar-refractivity contribution in [3.63, 3.8) is 0 Å². The molecule has 1 saturated heterocycles. The molecule has 1 atom stereocenters. The van der Waals surface area contributed by atoms with E-state index in [2.05, 4.69) is 21.4 Å². The van der Waals surface area contributed by atoms with Crippen LogP contribution in [0.15, 0.2) is 42.7 Å². The first-order valence-corrected chi connectivity index (χ1v) is 11.0. The molecule has 1 aliphatic carbocycles. The third kappa shape index (κ3) is 6.55. The Kier molecular flexibility index (Phi) is 8.46. The molecule has 2 fully saturated rings. The second-order valence-electron chi connectivity index (χ2n) is 8.36. The van der Waals surface area contributed by atoms with Crippen molar-refractivity contribution >= 4 is 12.5 Å². The summed E-state index contributed by atoms with van der Waals surface area (Å²) in [6.45, 7) is 3.45. The van der Waals surface area contributed by atoms with Crippen LogP contribution in [-0.2, 0) is 11.3 Å². The SMILES string of the molecule is CN(Cc1cccc(-n2cccn2)c1)C(=O)NCC1CCN(C2CCCC2)C1.O=CO. The lowest BCUT2D eigenvalue weighted by atomic mass is 10.1. The van der Waals surface area contributed by atoms with E-state index < -0.39 is 0 Å². The van der Waals surface area contributed by atoms with Crippen LogP contribution in [0.5, 0.6) is 0 Å². The van der Waals surface area contributed by atoms with Crippen molar-refractivity contribution in [3.8, 4) is 5.69 Å². The average Bonchev–Trinajstić information content (AvgIpc) is 3.55. The Balaban J connectivity index is 0.000000858. The summed E-state index contributed by atoms with van der Waals surface area (Å²) in [5.74, 6) is 0.584. The van der Waals surface area contributed by atoms with Gasteiger partial charge in [-0.1, -0.05) is 25.0 Å². The molecule has 0 bridgehead atoms. The number of aromatic nitrogens is 2. The minimum absolute atomic E-state index is 0.00353. The van der Waals surface area contributed by atoms with Gasteiger partial charge in [0, 0.05) is 45.1 Å². The second-order valence-corrected chi connectivity index (χ2v) is 8.36. The molecule has 1 unspecified atom stereocenters. The van der Waals surface area contributed by atoms with Gasteiger partial charge in [-0.05, 0) is 55.5 Å². The molecular formula is C23H33N5O3. The van der Waals surface area contributed by atoms with Gasteiger partial charge in [0.2, 0.25) is 0 Å². The summed E-state index contributed by atoms with van der Waals surface area (Å²) in [5.41, 5.74) is 2.10. The Bertz CT molecular complexity index is 820. The molecule has 1 aromatic carbocycles. The van der Waals surface area contributed by atoms with E-state index in [-0.39, 0.29) is 12.5 Å². The highest BCUT2D eigenvalue weighted by atomic mass is 16.3. The second kappa shape index (κ2) is 11.5. The largest absolute Gasteiger partial charge is 0.483 e. The number of rotatable bonds is 6. The van der Waals surface area contributed by atoms with E-state index in [1.165, 1.54) is 38.6 Å². The number of amides is 2. The zero-order valence-corrected chi connectivity index (χ0v) is 18.2. The summed E-state index contributed by atoms with van der Waals surface area (Å²) >= 11 is 0.